The van der Waals surface area contributed by atoms with E-state index in [0.717, 1.165) is 88.2 Å². The molecule has 6 rings (SSSR count). The van der Waals surface area contributed by atoms with Crippen LogP contribution in [-0.4, -0.2) is 37.4 Å². The number of aromatic nitrogens is 4. The van der Waals surface area contributed by atoms with Gasteiger partial charge in [-0.15, -0.1) is 0 Å². The summed E-state index contributed by atoms with van der Waals surface area (Å²) >= 11 is 0. The summed E-state index contributed by atoms with van der Waals surface area (Å²) in [6.45, 7) is 2.94. The molecule has 1 aliphatic heterocycles. The molecule has 0 saturated carbocycles. The number of hydrogen-bond acceptors (Lipinski definition) is 5. The molecule has 1 atom stereocenters. The van der Waals surface area contributed by atoms with Crippen LogP contribution in [0, 0.1) is 0 Å². The van der Waals surface area contributed by atoms with Gasteiger partial charge in [-0.1, -0.05) is 61.5 Å². The molecule has 1 fully saturated rings. The van der Waals surface area contributed by atoms with E-state index >= 15 is 0 Å². The SMILES string of the molecule is CC/C(=C(\c1ccc(C=CC(=O)O)cc1)c1ccc2c(cnn2C2CCCCO2)c1)c1ccc(-c2cncnc2)cc1. The Hall–Kier alpha value is -4.88. The van der Waals surface area contributed by atoms with E-state index in [1.807, 2.05) is 35.4 Å². The van der Waals surface area contributed by atoms with E-state index in [4.69, 9.17) is 14.9 Å². The highest BCUT2D eigenvalue weighted by Gasteiger charge is 2.20. The second-order valence-corrected chi connectivity index (χ2v) is 10.4. The van der Waals surface area contributed by atoms with E-state index in [1.54, 1.807) is 6.08 Å². The molecule has 7 heteroatoms. The van der Waals surface area contributed by atoms with Gasteiger partial charge in [0.15, 0.2) is 6.23 Å². The molecule has 1 N–H and O–H groups in total. The lowest BCUT2D eigenvalue weighted by atomic mass is 9.87. The molecule has 1 aliphatic rings. The van der Waals surface area contributed by atoms with Gasteiger partial charge in [-0.25, -0.2) is 19.4 Å². The van der Waals surface area contributed by atoms with Crippen molar-refractivity contribution in [1.29, 1.82) is 0 Å². The van der Waals surface area contributed by atoms with E-state index < -0.39 is 5.97 Å². The number of aliphatic carboxylic acids is 1. The Balaban J connectivity index is 1.45. The number of nitrogens with zero attached hydrogens (tertiary/aromatic N) is 4. The molecule has 210 valence electrons. The molecular weight excluding hydrogens is 524 g/mol. The fourth-order valence-electron chi connectivity index (χ4n) is 5.64. The minimum atomic E-state index is -0.967. The molecule has 42 heavy (non-hydrogen) atoms. The summed E-state index contributed by atoms with van der Waals surface area (Å²) in [5.74, 6) is -0.967. The summed E-state index contributed by atoms with van der Waals surface area (Å²) in [5.41, 5.74) is 9.55. The number of benzene rings is 3. The van der Waals surface area contributed by atoms with E-state index in [0.29, 0.717) is 0 Å². The predicted octanol–water partition coefficient (Wildman–Crippen LogP) is 7.66. The van der Waals surface area contributed by atoms with Crippen LogP contribution in [0.25, 0.3) is 39.3 Å². The number of carboxylic acid groups (broad SMARTS) is 1. The maximum atomic E-state index is 11.0. The van der Waals surface area contributed by atoms with E-state index in [-0.39, 0.29) is 6.23 Å². The number of carboxylic acids is 1. The Morgan fingerprint density at radius 1 is 0.929 bits per heavy atom. The highest BCUT2D eigenvalue weighted by Crippen LogP contribution is 2.37. The van der Waals surface area contributed by atoms with Crippen molar-refractivity contribution in [3.05, 3.63) is 120 Å². The Morgan fingerprint density at radius 2 is 1.67 bits per heavy atom. The van der Waals surface area contributed by atoms with Crippen molar-refractivity contribution < 1.29 is 14.6 Å². The Labute approximate surface area is 244 Å². The average Bonchev–Trinajstić information content (AvgIpc) is 3.47. The summed E-state index contributed by atoms with van der Waals surface area (Å²) in [6.07, 6.45) is 13.9. The lowest BCUT2D eigenvalue weighted by Gasteiger charge is -2.23. The molecule has 0 bridgehead atoms. The van der Waals surface area contributed by atoms with Crippen LogP contribution < -0.4 is 0 Å². The van der Waals surface area contributed by atoms with Gasteiger partial charge in [-0.3, -0.25) is 0 Å². The lowest BCUT2D eigenvalue weighted by molar-refractivity contribution is -0.131. The number of allylic oxidation sites excluding steroid dienone is 1. The van der Waals surface area contributed by atoms with Crippen molar-refractivity contribution in [2.24, 2.45) is 0 Å². The van der Waals surface area contributed by atoms with Crippen LogP contribution in [0.15, 0.2) is 97.7 Å². The summed E-state index contributed by atoms with van der Waals surface area (Å²) in [5, 5.41) is 14.8. The predicted molar refractivity (Wildman–Crippen MR) is 165 cm³/mol. The van der Waals surface area contributed by atoms with Gasteiger partial charge in [0.2, 0.25) is 0 Å². The van der Waals surface area contributed by atoms with Crippen LogP contribution in [0.1, 0.15) is 61.1 Å². The highest BCUT2D eigenvalue weighted by atomic mass is 16.5. The molecule has 7 nitrogen and oxygen atoms in total. The Morgan fingerprint density at radius 3 is 2.36 bits per heavy atom. The molecule has 3 aromatic carbocycles. The van der Waals surface area contributed by atoms with Crippen LogP contribution in [-0.2, 0) is 9.53 Å². The van der Waals surface area contributed by atoms with Crippen molar-refractivity contribution in [3.63, 3.8) is 0 Å². The first-order valence-electron chi connectivity index (χ1n) is 14.3. The second-order valence-electron chi connectivity index (χ2n) is 10.4. The smallest absolute Gasteiger partial charge is 0.328 e. The van der Waals surface area contributed by atoms with E-state index in [9.17, 15) is 4.79 Å². The fourth-order valence-corrected chi connectivity index (χ4v) is 5.64. The van der Waals surface area contributed by atoms with Gasteiger partial charge in [0, 0.05) is 36.0 Å². The molecule has 3 heterocycles. The molecule has 0 aliphatic carbocycles. The summed E-state index contributed by atoms with van der Waals surface area (Å²) in [6, 6.07) is 23.1. The molecule has 1 unspecified atom stereocenters. The highest BCUT2D eigenvalue weighted by molar-refractivity contribution is 6.00. The molecule has 5 aromatic rings. The van der Waals surface area contributed by atoms with Crippen LogP contribution in [0.4, 0.5) is 0 Å². The third-order valence-corrected chi connectivity index (χ3v) is 7.71. The van der Waals surface area contributed by atoms with Crippen molar-refractivity contribution in [2.45, 2.75) is 38.8 Å². The quantitative estimate of drug-likeness (QED) is 0.156. The number of fused-ring (bicyclic) bond motifs is 1. The van der Waals surface area contributed by atoms with Crippen molar-refractivity contribution >= 4 is 34.1 Å². The van der Waals surface area contributed by atoms with Gasteiger partial charge >= 0.3 is 5.97 Å². The topological polar surface area (TPSA) is 90.1 Å². The van der Waals surface area contributed by atoms with Crippen molar-refractivity contribution in [3.8, 4) is 11.1 Å². The summed E-state index contributed by atoms with van der Waals surface area (Å²) in [4.78, 5) is 19.3. The van der Waals surface area contributed by atoms with Gasteiger partial charge < -0.3 is 9.84 Å². The fraction of sp³-hybridized carbons (Fsp3) is 0.200. The zero-order valence-corrected chi connectivity index (χ0v) is 23.5. The van der Waals surface area contributed by atoms with Gasteiger partial charge in [0.05, 0.1) is 11.7 Å². The molecule has 0 amide bonds. The zero-order valence-electron chi connectivity index (χ0n) is 23.5. The summed E-state index contributed by atoms with van der Waals surface area (Å²) < 4.78 is 8.03. The van der Waals surface area contributed by atoms with Gasteiger partial charge in [-0.2, -0.15) is 5.10 Å². The van der Waals surface area contributed by atoms with Gasteiger partial charge in [0.25, 0.3) is 0 Å². The number of ether oxygens (including phenoxy) is 1. The largest absolute Gasteiger partial charge is 0.478 e. The van der Waals surface area contributed by atoms with Crippen LogP contribution in [0.5, 0.6) is 0 Å². The first kappa shape index (κ1) is 27.3. The zero-order chi connectivity index (χ0) is 28.9. The summed E-state index contributed by atoms with van der Waals surface area (Å²) in [7, 11) is 0. The van der Waals surface area contributed by atoms with Crippen molar-refractivity contribution in [1.82, 2.24) is 19.7 Å². The van der Waals surface area contributed by atoms with Crippen LogP contribution in [0.3, 0.4) is 0 Å². The third kappa shape index (κ3) is 5.78. The standard InChI is InChI=1S/C35H32N4O3/c1-2-31(26-13-11-25(12-14-26)30-20-36-23-37-21-30)35(27-9-6-24(7-10-27)8-17-34(40)41)28-15-16-32-29(19-28)22-38-39(32)33-5-3-4-18-42-33/h6-17,19-23,33H,2-5,18H2,1H3,(H,40,41)/b17-8?,35-31-. The molecule has 2 aromatic heterocycles. The van der Waals surface area contributed by atoms with Gasteiger partial charge in [0.1, 0.15) is 6.33 Å². The number of hydrogen-bond donors (Lipinski definition) is 1. The van der Waals surface area contributed by atoms with E-state index in [1.165, 1.54) is 11.9 Å². The Kier molecular flexibility index (Phi) is 8.01. The molecular formula is C35H32N4O3. The maximum absolute atomic E-state index is 11.0. The minimum Gasteiger partial charge on any atom is -0.478 e. The molecule has 0 radical (unpaired) electrons. The maximum Gasteiger partial charge on any atom is 0.328 e. The molecule has 1 saturated heterocycles. The number of rotatable bonds is 8. The van der Waals surface area contributed by atoms with Crippen LogP contribution in [0.2, 0.25) is 0 Å². The third-order valence-electron chi connectivity index (χ3n) is 7.71. The monoisotopic (exact) mass is 556 g/mol. The van der Waals surface area contributed by atoms with E-state index in [2.05, 4.69) is 71.5 Å². The second kappa shape index (κ2) is 12.3. The van der Waals surface area contributed by atoms with Gasteiger partial charge in [-0.05, 0) is 82.9 Å². The lowest BCUT2D eigenvalue weighted by Crippen LogP contribution is -2.18. The number of carbonyl (C=O) groups is 1. The normalized spacial score (nSPS) is 16.1. The molecule has 0 spiro atoms. The first-order valence-corrected chi connectivity index (χ1v) is 14.3. The minimum absolute atomic E-state index is 0.0248. The van der Waals surface area contributed by atoms with Crippen molar-refractivity contribution in [2.75, 3.05) is 6.61 Å². The Bertz CT molecular complexity index is 1750. The average molecular weight is 557 g/mol. The first-order chi connectivity index (χ1) is 20.6. The van der Waals surface area contributed by atoms with Crippen LogP contribution >= 0.6 is 0 Å².